The number of anilines is 1. The molecule has 0 amide bonds. The van der Waals surface area contributed by atoms with Crippen LogP contribution in [0.1, 0.15) is 31.8 Å². The van der Waals surface area contributed by atoms with E-state index in [0.29, 0.717) is 0 Å². The highest BCUT2D eigenvalue weighted by molar-refractivity contribution is 5.96. The Morgan fingerprint density at radius 2 is 1.33 bits per heavy atom. The van der Waals surface area contributed by atoms with Gasteiger partial charge in [-0.15, -0.1) is 0 Å². The number of carboxylic acids is 2. The minimum atomic E-state index is -1.11. The van der Waals surface area contributed by atoms with Gasteiger partial charge in [-0.2, -0.15) is 0 Å². The second kappa shape index (κ2) is 7.09. The Labute approximate surface area is 122 Å². The zero-order valence-electron chi connectivity index (χ0n) is 11.8. The number of hydrogen-bond acceptors (Lipinski definition) is 3. The fourth-order valence-electron chi connectivity index (χ4n) is 1.69. The summed E-state index contributed by atoms with van der Waals surface area (Å²) in [5, 5.41) is 17.4. The molecule has 2 aromatic rings. The Bertz CT molecular complexity index is 612. The largest absolute Gasteiger partial charge is 0.478 e. The quantitative estimate of drug-likeness (QED) is 0.737. The van der Waals surface area contributed by atoms with Crippen molar-refractivity contribution in [3.8, 4) is 0 Å². The summed E-state index contributed by atoms with van der Waals surface area (Å²) in [4.78, 5) is 21.2. The van der Waals surface area contributed by atoms with Crippen molar-refractivity contribution in [1.29, 1.82) is 0 Å². The predicted octanol–water partition coefficient (Wildman–Crippen LogP) is 2.97. The molecule has 0 spiro atoms. The van der Waals surface area contributed by atoms with Crippen LogP contribution in [0.15, 0.2) is 42.5 Å². The number of benzene rings is 2. The van der Waals surface area contributed by atoms with E-state index < -0.39 is 11.9 Å². The molecule has 0 atom stereocenters. The minimum Gasteiger partial charge on any atom is -0.478 e. The van der Waals surface area contributed by atoms with Gasteiger partial charge in [0.05, 0.1) is 11.1 Å². The molecule has 0 fully saturated rings. The second-order valence-electron chi connectivity index (χ2n) is 4.45. The molecule has 0 saturated heterocycles. The lowest BCUT2D eigenvalue weighted by molar-refractivity contribution is 0.0696. The summed E-state index contributed by atoms with van der Waals surface area (Å²) >= 11 is 0. The van der Waals surface area contributed by atoms with Gasteiger partial charge in [-0.1, -0.05) is 24.3 Å². The third kappa shape index (κ3) is 4.35. The Hall–Kier alpha value is -2.82. The van der Waals surface area contributed by atoms with Crippen molar-refractivity contribution in [3.05, 3.63) is 64.7 Å². The number of rotatable bonds is 2. The van der Waals surface area contributed by atoms with E-state index in [0.717, 1.165) is 11.3 Å². The average molecular weight is 287 g/mol. The predicted molar refractivity (Wildman–Crippen MR) is 80.7 cm³/mol. The summed E-state index contributed by atoms with van der Waals surface area (Å²) in [5.41, 5.74) is 7.87. The topological polar surface area (TPSA) is 101 Å². The van der Waals surface area contributed by atoms with Crippen LogP contribution < -0.4 is 5.73 Å². The summed E-state index contributed by atoms with van der Waals surface area (Å²) < 4.78 is 0. The standard InChI is InChI=1S/C9H8O4.C7H9N/c1-5-6(8(10)11)3-2-4-7(5)9(12)13;1-6-4-2-3-5-7(6)8/h2-4H,1H3,(H,10,11)(H,12,13);2-5H,8H2,1H3. The summed E-state index contributed by atoms with van der Waals surface area (Å²) in [5.74, 6) is -2.22. The highest BCUT2D eigenvalue weighted by Gasteiger charge is 2.13. The van der Waals surface area contributed by atoms with E-state index in [-0.39, 0.29) is 16.7 Å². The van der Waals surface area contributed by atoms with Crippen LogP contribution in [0.25, 0.3) is 0 Å². The fraction of sp³-hybridized carbons (Fsp3) is 0.125. The number of carbonyl (C=O) groups is 2. The van der Waals surface area contributed by atoms with E-state index in [1.54, 1.807) is 0 Å². The van der Waals surface area contributed by atoms with Gasteiger partial charge in [-0.05, 0) is 43.2 Å². The molecular formula is C16H17NO4. The second-order valence-corrected chi connectivity index (χ2v) is 4.45. The first-order valence-corrected chi connectivity index (χ1v) is 6.22. The van der Waals surface area contributed by atoms with Crippen LogP contribution in [0, 0.1) is 13.8 Å². The van der Waals surface area contributed by atoms with Gasteiger partial charge in [0.1, 0.15) is 0 Å². The molecular weight excluding hydrogens is 270 g/mol. The van der Waals surface area contributed by atoms with Gasteiger partial charge in [0.2, 0.25) is 0 Å². The molecule has 0 saturated carbocycles. The number of nitrogen functional groups attached to an aromatic ring is 1. The van der Waals surface area contributed by atoms with E-state index in [2.05, 4.69) is 0 Å². The summed E-state index contributed by atoms with van der Waals surface area (Å²) in [6.45, 7) is 3.47. The molecule has 0 aliphatic carbocycles. The van der Waals surface area contributed by atoms with Crippen LogP contribution >= 0.6 is 0 Å². The van der Waals surface area contributed by atoms with Crippen LogP contribution in [0.3, 0.4) is 0 Å². The van der Waals surface area contributed by atoms with E-state index >= 15 is 0 Å². The molecule has 0 aromatic heterocycles. The Kier molecular flexibility index (Phi) is 5.48. The maximum absolute atomic E-state index is 10.6. The Morgan fingerprint density at radius 3 is 1.67 bits per heavy atom. The molecule has 0 aliphatic rings. The average Bonchev–Trinajstić information content (AvgIpc) is 2.42. The van der Waals surface area contributed by atoms with Gasteiger partial charge >= 0.3 is 11.9 Å². The molecule has 0 radical (unpaired) electrons. The molecule has 0 unspecified atom stereocenters. The molecule has 0 heterocycles. The zero-order valence-corrected chi connectivity index (χ0v) is 11.8. The van der Waals surface area contributed by atoms with Crippen LogP contribution in [0.5, 0.6) is 0 Å². The molecule has 110 valence electrons. The van der Waals surface area contributed by atoms with Crippen LogP contribution in [0.2, 0.25) is 0 Å². The van der Waals surface area contributed by atoms with Crippen LogP contribution in [-0.2, 0) is 0 Å². The molecule has 4 N–H and O–H groups in total. The van der Waals surface area contributed by atoms with Crippen molar-refractivity contribution in [3.63, 3.8) is 0 Å². The minimum absolute atomic E-state index is 0.0277. The van der Waals surface area contributed by atoms with Crippen LogP contribution in [-0.4, -0.2) is 22.2 Å². The maximum Gasteiger partial charge on any atom is 0.335 e. The molecule has 21 heavy (non-hydrogen) atoms. The molecule has 5 nitrogen and oxygen atoms in total. The zero-order chi connectivity index (χ0) is 16.0. The first-order valence-electron chi connectivity index (χ1n) is 6.22. The SMILES string of the molecule is Cc1c(C(=O)O)cccc1C(=O)O.Cc1ccccc1N. The lowest BCUT2D eigenvalue weighted by Gasteiger charge is -2.03. The van der Waals surface area contributed by atoms with Gasteiger partial charge in [0.25, 0.3) is 0 Å². The third-order valence-corrected chi connectivity index (χ3v) is 2.98. The molecule has 0 bridgehead atoms. The van der Waals surface area contributed by atoms with Gasteiger partial charge in [-0.25, -0.2) is 9.59 Å². The molecule has 2 aromatic carbocycles. The van der Waals surface area contributed by atoms with Crippen molar-refractivity contribution < 1.29 is 19.8 Å². The number of aryl methyl sites for hydroxylation is 1. The van der Waals surface area contributed by atoms with E-state index in [4.69, 9.17) is 15.9 Å². The molecule has 0 aliphatic heterocycles. The van der Waals surface area contributed by atoms with Gasteiger partial charge in [0.15, 0.2) is 0 Å². The van der Waals surface area contributed by atoms with Crippen molar-refractivity contribution in [2.24, 2.45) is 0 Å². The number of carboxylic acid groups (broad SMARTS) is 2. The van der Waals surface area contributed by atoms with Crippen molar-refractivity contribution >= 4 is 17.6 Å². The lowest BCUT2D eigenvalue weighted by Crippen LogP contribution is -2.06. The highest BCUT2D eigenvalue weighted by atomic mass is 16.4. The number of para-hydroxylation sites is 1. The van der Waals surface area contributed by atoms with Gasteiger partial charge < -0.3 is 15.9 Å². The van der Waals surface area contributed by atoms with Gasteiger partial charge in [0, 0.05) is 5.69 Å². The van der Waals surface area contributed by atoms with Gasteiger partial charge in [-0.3, -0.25) is 0 Å². The normalized spacial score (nSPS) is 9.43. The lowest BCUT2D eigenvalue weighted by atomic mass is 10.0. The first kappa shape index (κ1) is 16.2. The van der Waals surface area contributed by atoms with E-state index in [1.165, 1.54) is 25.1 Å². The third-order valence-electron chi connectivity index (χ3n) is 2.98. The van der Waals surface area contributed by atoms with Crippen molar-refractivity contribution in [2.75, 3.05) is 5.73 Å². The number of aromatic carboxylic acids is 2. The maximum atomic E-state index is 10.6. The Balaban J connectivity index is 0.000000235. The van der Waals surface area contributed by atoms with E-state index in [9.17, 15) is 9.59 Å². The molecule has 2 rings (SSSR count). The molecule has 5 heteroatoms. The van der Waals surface area contributed by atoms with Crippen LogP contribution in [0.4, 0.5) is 5.69 Å². The summed E-state index contributed by atoms with van der Waals surface area (Å²) in [6.07, 6.45) is 0. The van der Waals surface area contributed by atoms with Crippen molar-refractivity contribution in [2.45, 2.75) is 13.8 Å². The summed E-state index contributed by atoms with van der Waals surface area (Å²) in [7, 11) is 0. The smallest absolute Gasteiger partial charge is 0.335 e. The number of hydrogen-bond donors (Lipinski definition) is 3. The fourth-order valence-corrected chi connectivity index (χ4v) is 1.69. The Morgan fingerprint density at radius 1 is 0.857 bits per heavy atom. The van der Waals surface area contributed by atoms with E-state index in [1.807, 2.05) is 31.2 Å². The number of nitrogens with two attached hydrogens (primary N) is 1. The highest BCUT2D eigenvalue weighted by Crippen LogP contribution is 2.13. The monoisotopic (exact) mass is 287 g/mol. The van der Waals surface area contributed by atoms with Crippen molar-refractivity contribution in [1.82, 2.24) is 0 Å². The first-order chi connectivity index (χ1) is 9.84. The summed E-state index contributed by atoms with van der Waals surface area (Å²) in [6, 6.07) is 12.0.